The highest BCUT2D eigenvalue weighted by atomic mass is 16.6. The molecule has 3 aromatic rings. The quantitative estimate of drug-likeness (QED) is 0.490. The molecule has 1 aliphatic rings. The molecule has 0 aliphatic carbocycles. The lowest BCUT2D eigenvalue weighted by Crippen LogP contribution is -2.55. The summed E-state index contributed by atoms with van der Waals surface area (Å²) in [6.45, 7) is 5.79. The molecule has 9 nitrogen and oxygen atoms in total. The Labute approximate surface area is 208 Å². The fraction of sp³-hybridized carbons (Fsp3) is 0.333. The Kier molecular flexibility index (Phi) is 6.83. The number of hydrogen-bond donors (Lipinski definition) is 2. The lowest BCUT2D eigenvalue weighted by molar-refractivity contribution is -0.137. The summed E-state index contributed by atoms with van der Waals surface area (Å²) in [7, 11) is 0. The number of nitrogens with zero attached hydrogens (tertiary/aromatic N) is 2. The lowest BCUT2D eigenvalue weighted by Gasteiger charge is -2.37. The molecule has 1 aliphatic heterocycles. The molecule has 0 saturated carbocycles. The van der Waals surface area contributed by atoms with Crippen LogP contribution in [-0.2, 0) is 22.5 Å². The van der Waals surface area contributed by atoms with Gasteiger partial charge in [0.15, 0.2) is 11.3 Å². The molecule has 2 aromatic carbocycles. The number of rotatable bonds is 7. The zero-order valence-electron chi connectivity index (χ0n) is 20.6. The van der Waals surface area contributed by atoms with Crippen LogP contribution in [0.25, 0.3) is 0 Å². The largest absolute Gasteiger partial charge is 0.445 e. The summed E-state index contributed by atoms with van der Waals surface area (Å²) < 4.78 is 6.88. The SMILES string of the molecule is CC(C)CCN(C(=O)C1(C)Cc2ccccc2C(=O)O1)c1c(N)n(Cc2ccccc2)c(=O)[nH]c1=O. The van der Waals surface area contributed by atoms with E-state index in [1.54, 1.807) is 24.3 Å². The number of amides is 1. The molecule has 1 atom stereocenters. The van der Waals surface area contributed by atoms with Gasteiger partial charge in [-0.15, -0.1) is 0 Å². The number of nitrogen functional groups attached to an aromatic ring is 1. The van der Waals surface area contributed by atoms with Gasteiger partial charge >= 0.3 is 11.7 Å². The van der Waals surface area contributed by atoms with Crippen LogP contribution in [0.4, 0.5) is 11.5 Å². The monoisotopic (exact) mass is 490 g/mol. The third-order valence-electron chi connectivity index (χ3n) is 6.38. The number of H-pyrrole nitrogens is 1. The third kappa shape index (κ3) is 4.82. The number of aromatic amines is 1. The van der Waals surface area contributed by atoms with Gasteiger partial charge in [-0.05, 0) is 36.5 Å². The third-order valence-corrected chi connectivity index (χ3v) is 6.38. The van der Waals surface area contributed by atoms with E-state index < -0.39 is 28.7 Å². The van der Waals surface area contributed by atoms with Crippen molar-refractivity contribution in [2.45, 2.75) is 45.8 Å². The fourth-order valence-electron chi connectivity index (χ4n) is 4.40. The van der Waals surface area contributed by atoms with Crippen molar-refractivity contribution in [3.8, 4) is 0 Å². The maximum Gasteiger partial charge on any atom is 0.339 e. The van der Waals surface area contributed by atoms with Crippen molar-refractivity contribution in [2.24, 2.45) is 5.92 Å². The highest BCUT2D eigenvalue weighted by Gasteiger charge is 2.46. The Morgan fingerprint density at radius 3 is 2.47 bits per heavy atom. The second-order valence-electron chi connectivity index (χ2n) is 9.66. The summed E-state index contributed by atoms with van der Waals surface area (Å²) in [5.74, 6) is -1.10. The minimum Gasteiger partial charge on any atom is -0.445 e. The molecule has 0 bridgehead atoms. The number of hydrogen-bond acceptors (Lipinski definition) is 6. The van der Waals surface area contributed by atoms with Crippen LogP contribution in [0.5, 0.6) is 0 Å². The molecule has 2 heterocycles. The number of anilines is 2. The molecule has 1 unspecified atom stereocenters. The van der Waals surface area contributed by atoms with Crippen molar-refractivity contribution in [1.29, 1.82) is 0 Å². The summed E-state index contributed by atoms with van der Waals surface area (Å²) in [6, 6.07) is 16.1. The minimum atomic E-state index is -1.55. The number of cyclic esters (lactones) is 1. The standard InChI is InChI=1S/C27H30N4O5/c1-17(2)13-14-30(25(34)27(3)15-19-11-7-8-12-20(19)24(33)36-27)21-22(28)31(26(35)29-23(21)32)16-18-9-5-4-6-10-18/h4-12,17H,13-16,28H2,1-3H3,(H,29,32,35). The number of ether oxygens (including phenoxy) is 1. The van der Waals surface area contributed by atoms with Crippen LogP contribution in [0.3, 0.4) is 0 Å². The van der Waals surface area contributed by atoms with E-state index in [4.69, 9.17) is 10.5 Å². The van der Waals surface area contributed by atoms with E-state index in [0.717, 1.165) is 5.56 Å². The molecule has 0 spiro atoms. The van der Waals surface area contributed by atoms with Crippen LogP contribution >= 0.6 is 0 Å². The van der Waals surface area contributed by atoms with Gasteiger partial charge < -0.3 is 15.4 Å². The van der Waals surface area contributed by atoms with Crippen LogP contribution in [0.2, 0.25) is 0 Å². The number of carbonyl (C=O) groups excluding carboxylic acids is 2. The Morgan fingerprint density at radius 1 is 1.11 bits per heavy atom. The van der Waals surface area contributed by atoms with E-state index in [2.05, 4.69) is 4.98 Å². The molecule has 36 heavy (non-hydrogen) atoms. The summed E-state index contributed by atoms with van der Waals surface area (Å²) in [4.78, 5) is 56.0. The average molecular weight is 491 g/mol. The molecule has 1 aromatic heterocycles. The molecule has 1 amide bonds. The van der Waals surface area contributed by atoms with Gasteiger partial charge in [0.25, 0.3) is 11.5 Å². The molecule has 9 heteroatoms. The lowest BCUT2D eigenvalue weighted by atomic mass is 9.88. The van der Waals surface area contributed by atoms with Gasteiger partial charge in [-0.1, -0.05) is 62.4 Å². The molecule has 0 fully saturated rings. The highest BCUT2D eigenvalue weighted by Crippen LogP contribution is 2.32. The van der Waals surface area contributed by atoms with E-state index in [0.29, 0.717) is 17.5 Å². The molecular formula is C27H30N4O5. The van der Waals surface area contributed by atoms with E-state index in [1.165, 1.54) is 16.4 Å². The number of nitrogens with two attached hydrogens (primary N) is 1. The van der Waals surface area contributed by atoms with Crippen molar-refractivity contribution in [3.05, 3.63) is 92.1 Å². The number of esters is 1. The number of benzene rings is 2. The van der Waals surface area contributed by atoms with E-state index in [1.807, 2.05) is 44.2 Å². The summed E-state index contributed by atoms with van der Waals surface area (Å²) >= 11 is 0. The van der Waals surface area contributed by atoms with E-state index in [-0.39, 0.29) is 36.9 Å². The van der Waals surface area contributed by atoms with Gasteiger partial charge in [0.05, 0.1) is 12.1 Å². The molecule has 0 saturated heterocycles. The normalized spacial score (nSPS) is 16.9. The average Bonchev–Trinajstić information content (AvgIpc) is 2.83. The van der Waals surface area contributed by atoms with Crippen molar-refractivity contribution in [3.63, 3.8) is 0 Å². The first-order valence-corrected chi connectivity index (χ1v) is 11.9. The van der Waals surface area contributed by atoms with Gasteiger partial charge in [0.1, 0.15) is 5.82 Å². The number of nitrogens with one attached hydrogen (secondary N) is 1. The molecule has 188 valence electrons. The number of aromatic nitrogens is 2. The fourth-order valence-corrected chi connectivity index (χ4v) is 4.40. The summed E-state index contributed by atoms with van der Waals surface area (Å²) in [5.41, 5.74) is 5.15. The van der Waals surface area contributed by atoms with Gasteiger partial charge in [0.2, 0.25) is 0 Å². The van der Waals surface area contributed by atoms with Crippen LogP contribution in [0.15, 0.2) is 64.2 Å². The maximum absolute atomic E-state index is 14.0. The van der Waals surface area contributed by atoms with Crippen LogP contribution in [-0.4, -0.2) is 33.6 Å². The smallest absolute Gasteiger partial charge is 0.339 e. The van der Waals surface area contributed by atoms with Gasteiger partial charge in [-0.25, -0.2) is 9.59 Å². The predicted molar refractivity (Wildman–Crippen MR) is 137 cm³/mol. The molecule has 4 rings (SSSR count). The summed E-state index contributed by atoms with van der Waals surface area (Å²) in [6.07, 6.45) is 0.705. The Balaban J connectivity index is 1.79. The Morgan fingerprint density at radius 2 is 1.78 bits per heavy atom. The second-order valence-corrected chi connectivity index (χ2v) is 9.66. The van der Waals surface area contributed by atoms with Crippen molar-refractivity contribution < 1.29 is 14.3 Å². The topological polar surface area (TPSA) is 127 Å². The minimum absolute atomic E-state index is 0.112. The first-order chi connectivity index (χ1) is 17.1. The first kappa shape index (κ1) is 25.0. The molecular weight excluding hydrogens is 460 g/mol. The molecule has 0 radical (unpaired) electrons. The highest BCUT2D eigenvalue weighted by molar-refractivity contribution is 6.04. The van der Waals surface area contributed by atoms with Crippen molar-refractivity contribution in [1.82, 2.24) is 9.55 Å². The van der Waals surface area contributed by atoms with Crippen molar-refractivity contribution >= 4 is 23.4 Å². The Hall–Kier alpha value is -4.14. The molecule has 3 N–H and O–H groups in total. The predicted octanol–water partition coefficient (Wildman–Crippen LogP) is 2.72. The van der Waals surface area contributed by atoms with Gasteiger partial charge in [0, 0.05) is 13.0 Å². The summed E-state index contributed by atoms with van der Waals surface area (Å²) in [5, 5.41) is 0. The first-order valence-electron chi connectivity index (χ1n) is 11.9. The zero-order chi connectivity index (χ0) is 26.0. The van der Waals surface area contributed by atoms with Crippen LogP contribution in [0.1, 0.15) is 48.7 Å². The van der Waals surface area contributed by atoms with Crippen LogP contribution in [0, 0.1) is 5.92 Å². The van der Waals surface area contributed by atoms with Gasteiger partial charge in [-0.3, -0.25) is 19.1 Å². The van der Waals surface area contributed by atoms with E-state index >= 15 is 0 Å². The van der Waals surface area contributed by atoms with E-state index in [9.17, 15) is 19.2 Å². The number of fused-ring (bicyclic) bond motifs is 1. The number of carbonyl (C=O) groups is 2. The maximum atomic E-state index is 14.0. The zero-order valence-corrected chi connectivity index (χ0v) is 20.6. The van der Waals surface area contributed by atoms with Gasteiger partial charge in [-0.2, -0.15) is 0 Å². The van der Waals surface area contributed by atoms with Crippen LogP contribution < -0.4 is 21.9 Å². The Bertz CT molecular complexity index is 1410. The second kappa shape index (κ2) is 9.85. The van der Waals surface area contributed by atoms with Crippen molar-refractivity contribution in [2.75, 3.05) is 17.2 Å².